The predicted octanol–water partition coefficient (Wildman–Crippen LogP) is 4.08. The highest BCUT2D eigenvalue weighted by Gasteiger charge is 2.22. The highest BCUT2D eigenvalue weighted by molar-refractivity contribution is 5.97. The summed E-state index contributed by atoms with van der Waals surface area (Å²) in [5.74, 6) is 1.15. The molecule has 1 saturated heterocycles. The minimum Gasteiger partial charge on any atom is -0.496 e. The van der Waals surface area contributed by atoms with Gasteiger partial charge < -0.3 is 24.4 Å². The first kappa shape index (κ1) is 20.6. The number of likely N-dealkylation sites (tertiary alicyclic amines) is 1. The number of ether oxygens (including phenoxy) is 1. The Balaban J connectivity index is 1.27. The van der Waals surface area contributed by atoms with Crippen LogP contribution >= 0.6 is 0 Å². The molecule has 0 atom stereocenters. The zero-order valence-electron chi connectivity index (χ0n) is 18.5. The van der Waals surface area contributed by atoms with Gasteiger partial charge in [-0.2, -0.15) is 0 Å². The fourth-order valence-electron chi connectivity index (χ4n) is 4.89. The molecule has 2 N–H and O–H groups in total. The monoisotopic (exact) mass is 432 g/mol. The third-order valence-electron chi connectivity index (χ3n) is 6.59. The Morgan fingerprint density at radius 1 is 1.22 bits per heavy atom. The summed E-state index contributed by atoms with van der Waals surface area (Å²) >= 11 is 0. The van der Waals surface area contributed by atoms with E-state index in [9.17, 15) is 4.79 Å². The van der Waals surface area contributed by atoms with Gasteiger partial charge in [-0.15, -0.1) is 0 Å². The van der Waals surface area contributed by atoms with Crippen LogP contribution in [-0.2, 0) is 6.42 Å². The molecule has 2 aromatic heterocycles. The second-order valence-electron chi connectivity index (χ2n) is 8.51. The Labute approximate surface area is 186 Å². The zero-order chi connectivity index (χ0) is 22.2. The molecule has 0 radical (unpaired) electrons. The molecule has 32 heavy (non-hydrogen) atoms. The summed E-state index contributed by atoms with van der Waals surface area (Å²) < 4.78 is 13.6. The Bertz CT molecular complexity index is 1280. The average molecular weight is 433 g/mol. The van der Waals surface area contributed by atoms with E-state index in [2.05, 4.69) is 26.7 Å². The number of benzene rings is 2. The van der Waals surface area contributed by atoms with E-state index in [1.54, 1.807) is 13.2 Å². The van der Waals surface area contributed by atoms with Crippen LogP contribution in [0.5, 0.6) is 5.75 Å². The Hall–Kier alpha value is -3.32. The molecule has 7 nitrogen and oxygen atoms in total. The molecule has 0 bridgehead atoms. The largest absolute Gasteiger partial charge is 0.496 e. The maximum atomic E-state index is 11.6. The molecule has 1 fully saturated rings. The Morgan fingerprint density at radius 3 is 2.78 bits per heavy atom. The van der Waals surface area contributed by atoms with Gasteiger partial charge in [0.05, 0.1) is 7.11 Å². The van der Waals surface area contributed by atoms with Gasteiger partial charge in [0.15, 0.2) is 11.5 Å². The van der Waals surface area contributed by atoms with Crippen LogP contribution in [-0.4, -0.2) is 47.1 Å². The van der Waals surface area contributed by atoms with Gasteiger partial charge >= 0.3 is 0 Å². The summed E-state index contributed by atoms with van der Waals surface area (Å²) in [5.41, 5.74) is 9.95. The fraction of sp³-hybridized carbons (Fsp3) is 0.360. The van der Waals surface area contributed by atoms with Gasteiger partial charge in [-0.25, -0.2) is 4.98 Å². The third-order valence-corrected chi connectivity index (χ3v) is 6.59. The molecule has 1 aliphatic heterocycles. The number of aryl methyl sites for hydroxylation is 1. The molecule has 0 spiro atoms. The lowest BCUT2D eigenvalue weighted by Gasteiger charge is -2.33. The molecule has 166 valence electrons. The molecular formula is C25H28N4O3. The van der Waals surface area contributed by atoms with Crippen LogP contribution in [0, 0.1) is 6.92 Å². The van der Waals surface area contributed by atoms with E-state index in [1.807, 2.05) is 31.2 Å². The predicted molar refractivity (Wildman–Crippen MR) is 124 cm³/mol. The lowest BCUT2D eigenvalue weighted by Crippen LogP contribution is -2.35. The summed E-state index contributed by atoms with van der Waals surface area (Å²) in [6.07, 6.45) is 5.13. The van der Waals surface area contributed by atoms with E-state index in [4.69, 9.17) is 14.9 Å². The van der Waals surface area contributed by atoms with E-state index >= 15 is 0 Å². The van der Waals surface area contributed by atoms with E-state index in [0.29, 0.717) is 17.5 Å². The van der Waals surface area contributed by atoms with Crippen molar-refractivity contribution in [2.24, 2.45) is 5.73 Å². The summed E-state index contributed by atoms with van der Waals surface area (Å²) in [5, 5.41) is 1.14. The molecule has 4 aromatic rings. The molecule has 5 rings (SSSR count). The molecule has 7 heteroatoms. The molecular weight excluding hydrogens is 404 g/mol. The quantitative estimate of drug-likeness (QED) is 0.496. The van der Waals surface area contributed by atoms with Crippen LogP contribution < -0.4 is 10.5 Å². The van der Waals surface area contributed by atoms with Crippen LogP contribution in [0.4, 0.5) is 0 Å². The van der Waals surface area contributed by atoms with Crippen LogP contribution in [0.15, 0.2) is 47.0 Å². The molecule has 2 aromatic carbocycles. The van der Waals surface area contributed by atoms with E-state index in [1.165, 1.54) is 0 Å². The maximum absolute atomic E-state index is 11.6. The summed E-state index contributed by atoms with van der Waals surface area (Å²) in [6.45, 7) is 4.87. The average Bonchev–Trinajstić information content (AvgIpc) is 3.40. The number of amides is 1. The van der Waals surface area contributed by atoms with Crippen molar-refractivity contribution >= 4 is 27.9 Å². The lowest BCUT2D eigenvalue weighted by molar-refractivity contribution is 0.100. The molecule has 1 amide bonds. The number of nitrogens with zero attached hydrogens (tertiary/aromatic N) is 3. The van der Waals surface area contributed by atoms with Gasteiger partial charge in [-0.3, -0.25) is 4.79 Å². The van der Waals surface area contributed by atoms with Gasteiger partial charge in [0.1, 0.15) is 11.3 Å². The topological polar surface area (TPSA) is 86.5 Å². The number of rotatable bonds is 6. The molecule has 0 unspecified atom stereocenters. The zero-order valence-corrected chi connectivity index (χ0v) is 18.5. The summed E-state index contributed by atoms with van der Waals surface area (Å²) in [4.78, 5) is 18.7. The third kappa shape index (κ3) is 3.73. The smallest absolute Gasteiger partial charge is 0.248 e. The molecule has 3 heterocycles. The minimum absolute atomic E-state index is 0.387. The molecule has 1 aliphatic rings. The molecule has 0 saturated carbocycles. The summed E-state index contributed by atoms with van der Waals surface area (Å²) in [7, 11) is 1.70. The molecule has 0 aliphatic carbocycles. The number of primary amides is 1. The summed E-state index contributed by atoms with van der Waals surface area (Å²) in [6, 6.07) is 12.1. The first-order valence-corrected chi connectivity index (χ1v) is 11.1. The van der Waals surface area contributed by atoms with Crippen LogP contribution in [0.1, 0.15) is 40.7 Å². The van der Waals surface area contributed by atoms with Gasteiger partial charge in [0.25, 0.3) is 0 Å². The normalized spacial score (nSPS) is 15.6. The van der Waals surface area contributed by atoms with Gasteiger partial charge in [-0.05, 0) is 55.0 Å². The number of hydrogen-bond acceptors (Lipinski definition) is 5. The highest BCUT2D eigenvalue weighted by Crippen LogP contribution is 2.31. The number of nitrogens with two attached hydrogens (primary N) is 1. The van der Waals surface area contributed by atoms with E-state index < -0.39 is 0 Å². The van der Waals surface area contributed by atoms with Gasteiger partial charge in [-0.1, -0.05) is 6.07 Å². The van der Waals surface area contributed by atoms with Crippen LogP contribution in [0.2, 0.25) is 0 Å². The minimum atomic E-state index is -0.387. The van der Waals surface area contributed by atoms with Crippen molar-refractivity contribution in [1.82, 2.24) is 14.5 Å². The Morgan fingerprint density at radius 2 is 2.03 bits per heavy atom. The first-order chi connectivity index (χ1) is 15.5. The SMILES string of the molecule is COc1ccc2oc(C)nc2c1CCN1CCC(n2ccc3ccc(C(N)=O)cc32)CC1. The van der Waals surface area contributed by atoms with Crippen molar-refractivity contribution in [3.8, 4) is 5.75 Å². The van der Waals surface area contributed by atoms with Crippen molar-refractivity contribution < 1.29 is 13.9 Å². The number of methoxy groups -OCH3 is 1. The lowest BCUT2D eigenvalue weighted by atomic mass is 10.0. The number of carbonyl (C=O) groups excluding carboxylic acids is 1. The second kappa shape index (κ2) is 8.31. The Kier molecular flexibility index (Phi) is 5.35. The van der Waals surface area contributed by atoms with E-state index in [-0.39, 0.29) is 5.91 Å². The van der Waals surface area contributed by atoms with Crippen molar-refractivity contribution in [3.63, 3.8) is 0 Å². The van der Waals surface area contributed by atoms with Crippen molar-refractivity contribution in [3.05, 3.63) is 59.6 Å². The van der Waals surface area contributed by atoms with Crippen LogP contribution in [0.3, 0.4) is 0 Å². The van der Waals surface area contributed by atoms with Crippen molar-refractivity contribution in [2.75, 3.05) is 26.7 Å². The maximum Gasteiger partial charge on any atom is 0.248 e. The number of hydrogen-bond donors (Lipinski definition) is 1. The van der Waals surface area contributed by atoms with E-state index in [0.717, 1.165) is 72.2 Å². The standard InChI is InChI=1S/C25H28N4O3/c1-16-27-24-20(22(31-2)5-6-23(24)32-16)10-13-28-11-8-19(9-12-28)29-14-7-17-3-4-18(25(26)30)15-21(17)29/h3-7,14-15,19H,8-13H2,1-2H3,(H2,26,30). The number of fused-ring (bicyclic) bond motifs is 2. The van der Waals surface area contributed by atoms with Gasteiger partial charge in [0, 0.05) is 55.4 Å². The number of carbonyl (C=O) groups is 1. The second-order valence-corrected chi connectivity index (χ2v) is 8.51. The number of piperidine rings is 1. The highest BCUT2D eigenvalue weighted by atomic mass is 16.5. The van der Waals surface area contributed by atoms with Crippen molar-refractivity contribution in [1.29, 1.82) is 0 Å². The fourth-order valence-corrected chi connectivity index (χ4v) is 4.89. The van der Waals surface area contributed by atoms with Crippen molar-refractivity contribution in [2.45, 2.75) is 32.2 Å². The van der Waals surface area contributed by atoms with Gasteiger partial charge in [0.2, 0.25) is 5.91 Å². The number of oxazole rings is 1. The first-order valence-electron chi connectivity index (χ1n) is 11.1. The van der Waals surface area contributed by atoms with Crippen LogP contribution in [0.25, 0.3) is 22.0 Å². The number of aromatic nitrogens is 2.